The van der Waals surface area contributed by atoms with E-state index in [-0.39, 0.29) is 24.3 Å². The summed E-state index contributed by atoms with van der Waals surface area (Å²) in [5, 5.41) is 0. The highest BCUT2D eigenvalue weighted by molar-refractivity contribution is 5.33. The number of hydrogen-bond acceptors (Lipinski definition) is 0. The Morgan fingerprint density at radius 3 is 1.63 bits per heavy atom. The third kappa shape index (κ3) is 4.74. The second-order valence-electron chi connectivity index (χ2n) is 4.35. The van der Waals surface area contributed by atoms with E-state index in [4.69, 9.17) is 0 Å². The molecule has 0 unspecified atom stereocenters. The van der Waals surface area contributed by atoms with E-state index in [1.165, 1.54) is 0 Å². The maximum absolute atomic E-state index is 12.5. The fourth-order valence-corrected chi connectivity index (χ4v) is 1.40. The van der Waals surface area contributed by atoms with E-state index < -0.39 is 23.5 Å². The van der Waals surface area contributed by atoms with Crippen molar-refractivity contribution in [3.05, 3.63) is 34.9 Å². The molecule has 0 aromatic heterocycles. The molecule has 19 heavy (non-hydrogen) atoms. The Morgan fingerprint density at radius 2 is 1.32 bits per heavy atom. The number of aliphatic hydroxyl groups is 2. The molecule has 1 nitrogen and oxygen atoms in total. The fourth-order valence-electron chi connectivity index (χ4n) is 1.40. The Hall–Kier alpha value is -1.24. The largest absolute Gasteiger partial charge is 0.428 e. The highest BCUT2D eigenvalue weighted by Crippen LogP contribution is 2.36. The summed E-state index contributed by atoms with van der Waals surface area (Å²) in [5.74, 6) is 0. The van der Waals surface area contributed by atoms with E-state index in [0.29, 0.717) is 12.1 Å². The SMILES string of the molecule is CC(C)[OH+]Cc1cc(C(F)(F)F)cc(C(F)(F)F)c1. The van der Waals surface area contributed by atoms with E-state index in [0.717, 1.165) is 0 Å². The fraction of sp³-hybridized carbons (Fsp3) is 0.500. The van der Waals surface area contributed by atoms with E-state index in [2.05, 4.69) is 4.74 Å². The van der Waals surface area contributed by atoms with Crippen LogP contribution in [-0.2, 0) is 19.0 Å². The van der Waals surface area contributed by atoms with Crippen LogP contribution in [-0.4, -0.2) is 10.8 Å². The molecule has 0 aliphatic rings. The number of halogens is 6. The van der Waals surface area contributed by atoms with Crippen LogP contribution < -0.4 is 0 Å². The molecule has 1 N–H and O–H groups in total. The Balaban J connectivity index is 3.17. The van der Waals surface area contributed by atoms with E-state index in [1.807, 2.05) is 0 Å². The minimum Gasteiger partial charge on any atom is -0.428 e. The lowest BCUT2D eigenvalue weighted by molar-refractivity contribution is -0.143. The quantitative estimate of drug-likeness (QED) is 0.585. The van der Waals surface area contributed by atoms with Gasteiger partial charge in [-0.05, 0) is 18.2 Å². The number of rotatable bonds is 3. The molecule has 0 aliphatic heterocycles. The molecule has 0 saturated heterocycles. The number of ether oxygens (including phenoxy) is 1. The average Bonchev–Trinajstić information content (AvgIpc) is 2.23. The molecule has 1 aromatic carbocycles. The lowest BCUT2D eigenvalue weighted by Crippen LogP contribution is -2.14. The van der Waals surface area contributed by atoms with Gasteiger partial charge >= 0.3 is 12.4 Å². The molecule has 0 fully saturated rings. The van der Waals surface area contributed by atoms with Crippen molar-refractivity contribution in [1.82, 2.24) is 0 Å². The van der Waals surface area contributed by atoms with Crippen LogP contribution >= 0.6 is 0 Å². The molecule has 0 spiro atoms. The second-order valence-corrected chi connectivity index (χ2v) is 4.35. The molecule has 1 aromatic rings. The summed E-state index contributed by atoms with van der Waals surface area (Å²) in [6.07, 6.45) is -9.79. The van der Waals surface area contributed by atoms with Gasteiger partial charge in [0.1, 0.15) is 6.10 Å². The predicted molar refractivity (Wildman–Crippen MR) is 57.5 cm³/mol. The van der Waals surface area contributed by atoms with Crippen molar-refractivity contribution >= 4 is 0 Å². The van der Waals surface area contributed by atoms with Crippen LogP contribution in [0.4, 0.5) is 26.3 Å². The first-order valence-electron chi connectivity index (χ1n) is 5.45. The number of benzene rings is 1. The first kappa shape index (κ1) is 15.8. The molecule has 1 rings (SSSR count). The van der Waals surface area contributed by atoms with Crippen molar-refractivity contribution in [2.45, 2.75) is 38.9 Å². The predicted octanol–water partition coefficient (Wildman–Crippen LogP) is 4.16. The van der Waals surface area contributed by atoms with Gasteiger partial charge in [-0.3, -0.25) is 0 Å². The third-order valence-electron chi connectivity index (χ3n) is 2.29. The number of alkyl halides is 6. The Labute approximate surface area is 106 Å². The van der Waals surface area contributed by atoms with Gasteiger partial charge in [-0.2, -0.15) is 26.3 Å². The minimum atomic E-state index is -4.81. The van der Waals surface area contributed by atoms with Crippen LogP contribution in [0.5, 0.6) is 0 Å². The van der Waals surface area contributed by atoms with Gasteiger partial charge in [0.15, 0.2) is 6.61 Å². The van der Waals surface area contributed by atoms with Crippen molar-refractivity contribution in [2.24, 2.45) is 0 Å². The molecule has 0 atom stereocenters. The molecular weight excluding hydrogens is 274 g/mol. The Bertz CT molecular complexity index is 401. The van der Waals surface area contributed by atoms with Gasteiger partial charge in [0.25, 0.3) is 0 Å². The van der Waals surface area contributed by atoms with Crippen LogP contribution in [0, 0.1) is 0 Å². The third-order valence-corrected chi connectivity index (χ3v) is 2.29. The molecule has 108 valence electrons. The summed E-state index contributed by atoms with van der Waals surface area (Å²) in [6.45, 7) is 3.21. The average molecular weight is 287 g/mol. The lowest BCUT2D eigenvalue weighted by Gasteiger charge is -2.14. The van der Waals surface area contributed by atoms with Crippen molar-refractivity contribution in [3.8, 4) is 0 Å². The molecule has 7 heteroatoms. The molecule has 0 aliphatic carbocycles. The highest BCUT2D eigenvalue weighted by Gasteiger charge is 2.37. The second kappa shape index (κ2) is 5.40. The summed E-state index contributed by atoms with van der Waals surface area (Å²) in [6, 6.07) is 1.50. The molecule has 0 saturated carbocycles. The van der Waals surface area contributed by atoms with Crippen LogP contribution in [0.25, 0.3) is 0 Å². The van der Waals surface area contributed by atoms with Gasteiger partial charge in [-0.15, -0.1) is 0 Å². The zero-order chi connectivity index (χ0) is 14.8. The van der Waals surface area contributed by atoms with Crippen molar-refractivity contribution < 1.29 is 31.1 Å². The summed E-state index contributed by atoms with van der Waals surface area (Å²) >= 11 is 0. The summed E-state index contributed by atoms with van der Waals surface area (Å²) in [5.41, 5.74) is -2.72. The first-order valence-corrected chi connectivity index (χ1v) is 5.45. The molecule has 0 bridgehead atoms. The van der Waals surface area contributed by atoms with Crippen molar-refractivity contribution in [3.63, 3.8) is 0 Å². The van der Waals surface area contributed by atoms with E-state index in [1.54, 1.807) is 13.8 Å². The van der Waals surface area contributed by atoms with Crippen molar-refractivity contribution in [2.75, 3.05) is 0 Å². The van der Waals surface area contributed by atoms with Crippen LogP contribution in [0.2, 0.25) is 0 Å². The standard InChI is InChI=1S/C12H12F6O/c1-7(2)19-6-8-3-9(11(13,14)15)5-10(4-8)12(16,17)18/h3-5,7H,6H2,1-2H3/p+1. The monoisotopic (exact) mass is 287 g/mol. The normalized spacial score (nSPS) is 13.1. The Morgan fingerprint density at radius 1 is 0.895 bits per heavy atom. The van der Waals surface area contributed by atoms with Gasteiger partial charge in [-0.1, -0.05) is 0 Å². The summed E-state index contributed by atoms with van der Waals surface area (Å²) in [4.78, 5) is 0. The summed E-state index contributed by atoms with van der Waals surface area (Å²) < 4.78 is 79.1. The van der Waals surface area contributed by atoms with Gasteiger partial charge in [0.05, 0.1) is 11.1 Å². The minimum absolute atomic E-state index is 0.101. The van der Waals surface area contributed by atoms with E-state index >= 15 is 0 Å². The topological polar surface area (TPSA) is 12.8 Å². The molecular formula is C12H13F6O+. The lowest BCUT2D eigenvalue weighted by atomic mass is 10.1. The number of hydrogen-bond donors (Lipinski definition) is 0. The molecule has 0 radical (unpaired) electrons. The van der Waals surface area contributed by atoms with E-state index in [9.17, 15) is 26.3 Å². The van der Waals surface area contributed by atoms with Gasteiger partial charge in [-0.25, -0.2) is 0 Å². The molecule has 0 amide bonds. The maximum atomic E-state index is 12.5. The van der Waals surface area contributed by atoms with Crippen LogP contribution in [0.1, 0.15) is 30.5 Å². The highest BCUT2D eigenvalue weighted by atomic mass is 19.4. The zero-order valence-corrected chi connectivity index (χ0v) is 10.2. The van der Waals surface area contributed by atoms with Gasteiger partial charge < -0.3 is 4.74 Å². The Kier molecular flexibility index (Phi) is 4.50. The van der Waals surface area contributed by atoms with Gasteiger partial charge in [0, 0.05) is 19.4 Å². The zero-order valence-electron chi connectivity index (χ0n) is 10.2. The van der Waals surface area contributed by atoms with Gasteiger partial charge in [0.2, 0.25) is 0 Å². The summed E-state index contributed by atoms with van der Waals surface area (Å²) in [7, 11) is 0. The van der Waals surface area contributed by atoms with Crippen LogP contribution in [0.15, 0.2) is 18.2 Å². The first-order chi connectivity index (χ1) is 8.50. The smallest absolute Gasteiger partial charge is 0.416 e. The van der Waals surface area contributed by atoms with Crippen LogP contribution in [0.3, 0.4) is 0 Å². The maximum Gasteiger partial charge on any atom is 0.416 e. The van der Waals surface area contributed by atoms with Crippen molar-refractivity contribution in [1.29, 1.82) is 0 Å². The molecule has 0 heterocycles.